The van der Waals surface area contributed by atoms with E-state index in [1.165, 1.54) is 0 Å². The highest BCUT2D eigenvalue weighted by molar-refractivity contribution is 5.21. The number of alkyl halides is 40. The Morgan fingerprint density at radius 1 is 0.225 bits per heavy atom. The van der Waals surface area contributed by atoms with Crippen molar-refractivity contribution in [2.75, 3.05) is 26.4 Å². The SMILES string of the molecule is FC(F)(COCC(F)(F)C(F)(F)C(F)(F)C(F)(F)C(F)(F)C(F)(F)C(F)(F)C(F)(F)C(F)(F)C(F)(F)CC1CO1)C(F)(F)C(F)(F)C(F)(F)C(F)(F)C(F)(F)C(F)(F)C(F)(F)C(F)(F)C(F)(F)CC1CO1. The van der Waals surface area contributed by atoms with Gasteiger partial charge < -0.3 is 14.2 Å². The average molecular weight is 1160 g/mol. The minimum atomic E-state index is -9.75. The van der Waals surface area contributed by atoms with Gasteiger partial charge in [0.1, 0.15) is 13.2 Å². The van der Waals surface area contributed by atoms with E-state index in [1.807, 2.05) is 0 Å². The van der Waals surface area contributed by atoms with Crippen LogP contribution in [-0.4, -0.2) is 157 Å². The molecule has 2 saturated heterocycles. The van der Waals surface area contributed by atoms with Gasteiger partial charge in [-0.2, -0.15) is 176 Å². The largest absolute Gasteiger partial charge is 0.385 e. The molecular formula is C28H14F40O3. The lowest BCUT2D eigenvalue weighted by atomic mass is 9.85. The molecule has 2 heterocycles. The summed E-state index contributed by atoms with van der Waals surface area (Å²) in [4.78, 5) is 0. The second-order valence-electron chi connectivity index (χ2n) is 14.8. The van der Waals surface area contributed by atoms with E-state index in [-0.39, 0.29) is 0 Å². The number of halogens is 40. The fraction of sp³-hybridized carbons (Fsp3) is 1.00. The Kier molecular flexibility index (Phi) is 15.2. The number of rotatable bonds is 26. The van der Waals surface area contributed by atoms with Crippen LogP contribution in [0.15, 0.2) is 0 Å². The third-order valence-electron chi connectivity index (χ3n) is 9.70. The Bertz CT molecular complexity index is 1770. The van der Waals surface area contributed by atoms with E-state index in [1.54, 1.807) is 0 Å². The highest BCUT2D eigenvalue weighted by Crippen LogP contribution is 2.69. The summed E-state index contributed by atoms with van der Waals surface area (Å²) in [5.41, 5.74) is 0. The minimum Gasteiger partial charge on any atom is -0.373 e. The molecule has 2 aliphatic heterocycles. The Hall–Kier alpha value is -2.92. The fourth-order valence-electron chi connectivity index (χ4n) is 4.97. The number of hydrogen-bond acceptors (Lipinski definition) is 3. The highest BCUT2D eigenvalue weighted by Gasteiger charge is 3.00. The van der Waals surface area contributed by atoms with Crippen LogP contribution in [0.5, 0.6) is 0 Å². The zero-order chi connectivity index (χ0) is 57.5. The van der Waals surface area contributed by atoms with Gasteiger partial charge in [0, 0.05) is 12.8 Å². The third-order valence-corrected chi connectivity index (χ3v) is 9.70. The summed E-state index contributed by atoms with van der Waals surface area (Å²) >= 11 is 0. The summed E-state index contributed by atoms with van der Waals surface area (Å²) in [5, 5.41) is 0. The van der Waals surface area contributed by atoms with E-state index in [0.29, 0.717) is 0 Å². The summed E-state index contributed by atoms with van der Waals surface area (Å²) in [5.74, 6) is -179. The smallest absolute Gasteiger partial charge is 0.373 e. The van der Waals surface area contributed by atoms with Crippen molar-refractivity contribution in [3.63, 3.8) is 0 Å². The zero-order valence-electron chi connectivity index (χ0n) is 31.7. The Morgan fingerprint density at radius 3 is 0.493 bits per heavy atom. The molecule has 0 bridgehead atoms. The van der Waals surface area contributed by atoms with E-state index in [4.69, 9.17) is 0 Å². The first kappa shape index (κ1) is 64.2. The van der Waals surface area contributed by atoms with Crippen LogP contribution in [0, 0.1) is 0 Å². The molecule has 0 spiro atoms. The lowest BCUT2D eigenvalue weighted by Gasteiger charge is -2.45. The maximum Gasteiger partial charge on any atom is 0.385 e. The molecule has 424 valence electrons. The number of epoxide rings is 2. The second-order valence-corrected chi connectivity index (χ2v) is 14.8. The second kappa shape index (κ2) is 16.8. The molecule has 2 unspecified atom stereocenters. The Balaban J connectivity index is 2.52. The van der Waals surface area contributed by atoms with Crippen molar-refractivity contribution >= 4 is 0 Å². The molecule has 2 fully saturated rings. The topological polar surface area (TPSA) is 34.3 Å². The summed E-state index contributed by atoms with van der Waals surface area (Å²) < 4.78 is 569. The standard InChI is InChI=1S/C28H14F40O3/c29-9(30,1-7-3-70-7)13(37,38)17(45,46)21(53,54)25(61,62)27(65,66)23(57,58)19(49,50)15(41,42)11(33,34)5-69-6-12(35,36)16(43,44)20(51,52)24(59,60)28(67,68)26(63,64)22(55,56)18(47,48)14(39,40)10(31,32)2-8-4-71-8/h7-8H,1-6H2. The average Bonchev–Trinajstić information content (AvgIpc) is 4.11. The van der Waals surface area contributed by atoms with Crippen LogP contribution < -0.4 is 0 Å². The summed E-state index contributed by atoms with van der Waals surface area (Å²) in [6.45, 7) is -12.1. The zero-order valence-corrected chi connectivity index (χ0v) is 31.7. The van der Waals surface area contributed by atoms with Crippen molar-refractivity contribution in [1.82, 2.24) is 0 Å². The van der Waals surface area contributed by atoms with Crippen molar-refractivity contribution in [3.8, 4) is 0 Å². The van der Waals surface area contributed by atoms with Crippen LogP contribution in [-0.2, 0) is 14.2 Å². The molecule has 3 nitrogen and oxygen atoms in total. The first-order chi connectivity index (χ1) is 30.4. The molecule has 0 aromatic carbocycles. The molecule has 0 aromatic rings. The molecule has 2 rings (SSSR count). The van der Waals surface area contributed by atoms with Gasteiger partial charge in [-0.25, -0.2) is 0 Å². The van der Waals surface area contributed by atoms with E-state index < -0.39 is 170 Å². The number of hydrogen-bond donors (Lipinski definition) is 0. The molecule has 0 aromatic heterocycles. The molecule has 0 N–H and O–H groups in total. The van der Waals surface area contributed by atoms with Crippen LogP contribution in [0.3, 0.4) is 0 Å². The molecule has 43 heteroatoms. The van der Waals surface area contributed by atoms with Gasteiger partial charge in [-0.1, -0.05) is 0 Å². The fourth-order valence-corrected chi connectivity index (χ4v) is 4.97. The molecule has 0 saturated carbocycles. The quantitative estimate of drug-likeness (QED) is 0.0639. The van der Waals surface area contributed by atoms with E-state index >= 15 is 0 Å². The van der Waals surface area contributed by atoms with Gasteiger partial charge in [0.05, 0.1) is 25.4 Å². The van der Waals surface area contributed by atoms with Gasteiger partial charge in [0.2, 0.25) is 0 Å². The predicted molar refractivity (Wildman–Crippen MR) is 138 cm³/mol. The first-order valence-corrected chi connectivity index (χ1v) is 16.7. The predicted octanol–water partition coefficient (Wildman–Crippen LogP) is 13.3. The maximum atomic E-state index is 14.1. The van der Waals surface area contributed by atoms with E-state index in [0.717, 1.165) is 0 Å². The van der Waals surface area contributed by atoms with Crippen LogP contribution >= 0.6 is 0 Å². The van der Waals surface area contributed by atoms with Crippen LogP contribution in [0.25, 0.3) is 0 Å². The summed E-state index contributed by atoms with van der Waals surface area (Å²) in [7, 11) is 0. The lowest BCUT2D eigenvalue weighted by Crippen LogP contribution is -2.77. The molecule has 2 atom stereocenters. The minimum absolute atomic E-state index is 1.16. The number of ether oxygens (including phenoxy) is 3. The third kappa shape index (κ3) is 8.48. The summed E-state index contributed by atoms with van der Waals surface area (Å²) in [6, 6.07) is 0. The Labute approximate surface area is 361 Å². The molecule has 0 radical (unpaired) electrons. The molecule has 2 aliphatic rings. The van der Waals surface area contributed by atoms with Crippen molar-refractivity contribution in [1.29, 1.82) is 0 Å². The summed E-state index contributed by atoms with van der Waals surface area (Å²) in [6.07, 6.45) is -10.7. The molecule has 71 heavy (non-hydrogen) atoms. The first-order valence-electron chi connectivity index (χ1n) is 16.7. The lowest BCUT2D eigenvalue weighted by molar-refractivity contribution is -0.471. The molecule has 0 amide bonds. The van der Waals surface area contributed by atoms with Crippen LogP contribution in [0.1, 0.15) is 12.8 Å². The van der Waals surface area contributed by atoms with Gasteiger partial charge in [-0.15, -0.1) is 0 Å². The van der Waals surface area contributed by atoms with Gasteiger partial charge in [0.15, 0.2) is 0 Å². The van der Waals surface area contributed by atoms with Gasteiger partial charge in [-0.3, -0.25) is 0 Å². The van der Waals surface area contributed by atoms with Crippen molar-refractivity contribution < 1.29 is 190 Å². The van der Waals surface area contributed by atoms with Gasteiger partial charge in [0.25, 0.3) is 0 Å². The normalized spacial score (nSPS) is 20.5. The van der Waals surface area contributed by atoms with Crippen LogP contribution in [0.2, 0.25) is 0 Å². The van der Waals surface area contributed by atoms with E-state index in [2.05, 4.69) is 14.2 Å². The van der Waals surface area contributed by atoms with Crippen molar-refractivity contribution in [2.45, 2.75) is 144 Å². The van der Waals surface area contributed by atoms with Gasteiger partial charge >= 0.3 is 118 Å². The maximum absolute atomic E-state index is 14.1. The van der Waals surface area contributed by atoms with Crippen molar-refractivity contribution in [3.05, 3.63) is 0 Å². The molecular weight excluding hydrogens is 1140 g/mol. The Morgan fingerprint density at radius 2 is 0.352 bits per heavy atom. The van der Waals surface area contributed by atoms with Gasteiger partial charge in [-0.05, 0) is 0 Å². The van der Waals surface area contributed by atoms with Crippen LogP contribution in [0.4, 0.5) is 176 Å². The molecule has 0 aliphatic carbocycles. The highest BCUT2D eigenvalue weighted by atomic mass is 19.4. The van der Waals surface area contributed by atoms with Crippen molar-refractivity contribution in [2.24, 2.45) is 0 Å². The monoisotopic (exact) mass is 1160 g/mol. The van der Waals surface area contributed by atoms with E-state index in [9.17, 15) is 176 Å².